The van der Waals surface area contributed by atoms with Crippen molar-refractivity contribution < 1.29 is 30.2 Å². The smallest absolute Gasteiger partial charge is 0.562 e. The lowest BCUT2D eigenvalue weighted by molar-refractivity contribution is -0.906. The Morgan fingerprint density at radius 2 is 0.829 bits per heavy atom. The van der Waals surface area contributed by atoms with Crippen molar-refractivity contribution in [1.29, 1.82) is 0 Å². The normalized spacial score (nSPS) is 13.1. The number of hydrogen-bond acceptors (Lipinski definition) is 3. The lowest BCUT2D eigenvalue weighted by Gasteiger charge is -2.44. The minimum Gasteiger partial charge on any atom is -1.00 e. The molecule has 0 heterocycles. The van der Waals surface area contributed by atoms with E-state index in [1.165, 1.54) is 109 Å². The first-order valence-electron chi connectivity index (χ1n) is 15.2. The molecular weight excluding hydrogens is 474 g/mol. The summed E-state index contributed by atoms with van der Waals surface area (Å²) < 4.78 is 19.7. The second-order valence-electron chi connectivity index (χ2n) is 10.6. The molecule has 0 amide bonds. The van der Waals surface area contributed by atoms with Crippen molar-refractivity contribution in [2.75, 3.05) is 40.5 Å². The van der Waals surface area contributed by atoms with Crippen LogP contribution in [0.25, 0.3) is 0 Å². The van der Waals surface area contributed by atoms with Gasteiger partial charge in [0.1, 0.15) is 0 Å². The quantitative estimate of drug-likeness (QED) is 0.0805. The van der Waals surface area contributed by atoms with E-state index in [-0.39, 0.29) is 12.4 Å². The lowest BCUT2D eigenvalue weighted by Crippen LogP contribution is -3.00. The van der Waals surface area contributed by atoms with Gasteiger partial charge in [-0.1, -0.05) is 104 Å². The SMILES string of the molecule is CCCCCCCCCCCCCCCCCC[N+](C)(C)C(CC)[Si](OCC)(OCC)OCC.[Cl-]. The summed E-state index contributed by atoms with van der Waals surface area (Å²) in [6, 6.07) is 0. The molecule has 0 bridgehead atoms. The number of nitrogens with zero attached hydrogens (tertiary/aromatic N) is 1. The molecule has 0 saturated heterocycles. The van der Waals surface area contributed by atoms with E-state index in [1.807, 2.05) is 0 Å². The second-order valence-corrected chi connectivity index (χ2v) is 13.4. The number of rotatable bonds is 26. The zero-order valence-electron chi connectivity index (χ0n) is 25.0. The molecule has 0 saturated carbocycles. The number of hydrogen-bond donors (Lipinski definition) is 0. The van der Waals surface area contributed by atoms with E-state index >= 15 is 0 Å². The van der Waals surface area contributed by atoms with Gasteiger partial charge in [-0.25, -0.2) is 0 Å². The molecule has 0 aromatic carbocycles. The molecule has 35 heavy (non-hydrogen) atoms. The molecule has 6 heteroatoms. The highest BCUT2D eigenvalue weighted by Crippen LogP contribution is 2.27. The van der Waals surface area contributed by atoms with Gasteiger partial charge in [0.25, 0.3) is 0 Å². The second kappa shape index (κ2) is 24.7. The van der Waals surface area contributed by atoms with Crippen molar-refractivity contribution in [3.63, 3.8) is 0 Å². The first-order valence-corrected chi connectivity index (χ1v) is 17.0. The highest BCUT2D eigenvalue weighted by Gasteiger charge is 2.56. The van der Waals surface area contributed by atoms with Gasteiger partial charge in [-0.2, -0.15) is 0 Å². The Kier molecular flexibility index (Phi) is 26.4. The monoisotopic (exact) mass is 537 g/mol. The molecule has 0 N–H and O–H groups in total. The molecule has 0 radical (unpaired) electrons. The topological polar surface area (TPSA) is 27.7 Å². The van der Waals surface area contributed by atoms with Gasteiger partial charge >= 0.3 is 8.80 Å². The molecule has 0 rings (SSSR count). The third-order valence-electron chi connectivity index (χ3n) is 7.26. The maximum atomic E-state index is 6.26. The molecule has 0 aromatic heterocycles. The minimum absolute atomic E-state index is 0. The van der Waals surface area contributed by atoms with E-state index < -0.39 is 8.80 Å². The first kappa shape index (κ1) is 37.5. The first-order chi connectivity index (χ1) is 16.4. The van der Waals surface area contributed by atoms with Gasteiger partial charge in [-0.15, -0.1) is 0 Å². The molecule has 1 atom stereocenters. The zero-order chi connectivity index (χ0) is 25.5. The third kappa shape index (κ3) is 17.5. The van der Waals surface area contributed by atoms with E-state index in [2.05, 4.69) is 48.7 Å². The minimum atomic E-state index is -2.70. The van der Waals surface area contributed by atoms with E-state index in [1.54, 1.807) is 0 Å². The van der Waals surface area contributed by atoms with Gasteiger partial charge in [0.2, 0.25) is 0 Å². The van der Waals surface area contributed by atoms with Crippen LogP contribution in [0.5, 0.6) is 0 Å². The summed E-state index contributed by atoms with van der Waals surface area (Å²) in [5.74, 6) is 0. The van der Waals surface area contributed by atoms with E-state index in [0.717, 1.165) is 10.9 Å². The van der Waals surface area contributed by atoms with Gasteiger partial charge in [-0.05, 0) is 33.6 Å². The molecule has 1 unspecified atom stereocenters. The maximum absolute atomic E-state index is 6.26. The summed E-state index contributed by atoms with van der Waals surface area (Å²) in [4.78, 5) is 0. The standard InChI is InChI=1S/C29H64NO3Si.ClH/c1-8-13-14-15-16-17-18-19-20-21-22-23-24-25-26-27-28-30(6,7)29(9-2)34(31-10-3,32-11-4)33-12-5;/h29H,8-28H2,1-7H3;1H/q+1;/p-1. The summed E-state index contributed by atoms with van der Waals surface area (Å²) in [5.41, 5.74) is 0.295. The highest BCUT2D eigenvalue weighted by atomic mass is 35.5. The Hall–Kier alpha value is 0.347. The average Bonchev–Trinajstić information content (AvgIpc) is 2.79. The fraction of sp³-hybridized carbons (Fsp3) is 1.00. The molecule has 0 aromatic rings. The summed E-state index contributed by atoms with van der Waals surface area (Å²) in [5, 5.41) is 0. The molecule has 0 fully saturated rings. The van der Waals surface area contributed by atoms with Crippen LogP contribution in [0.3, 0.4) is 0 Å². The van der Waals surface area contributed by atoms with Crippen molar-refractivity contribution in [3.8, 4) is 0 Å². The predicted molar refractivity (Wildman–Crippen MR) is 151 cm³/mol. The number of halogens is 1. The van der Waals surface area contributed by atoms with Crippen LogP contribution in [0.4, 0.5) is 0 Å². The average molecular weight is 538 g/mol. The molecular formula is C29H64ClNO3Si. The van der Waals surface area contributed by atoms with Crippen LogP contribution in [-0.2, 0) is 13.3 Å². The Morgan fingerprint density at radius 1 is 0.514 bits per heavy atom. The third-order valence-corrected chi connectivity index (χ3v) is 11.3. The van der Waals surface area contributed by atoms with Gasteiger partial charge in [0, 0.05) is 26.2 Å². The van der Waals surface area contributed by atoms with Crippen LogP contribution in [0.15, 0.2) is 0 Å². The highest BCUT2D eigenvalue weighted by molar-refractivity contribution is 6.62. The van der Waals surface area contributed by atoms with Crippen molar-refractivity contribution in [1.82, 2.24) is 0 Å². The largest absolute Gasteiger partial charge is 1.00 e. The Labute approximate surface area is 228 Å². The number of quaternary nitrogens is 1. The summed E-state index contributed by atoms with van der Waals surface area (Å²) >= 11 is 0. The van der Waals surface area contributed by atoms with Crippen LogP contribution in [0.1, 0.15) is 144 Å². The van der Waals surface area contributed by atoms with Crippen molar-refractivity contribution >= 4 is 8.80 Å². The number of unbranched alkanes of at least 4 members (excludes halogenated alkanes) is 15. The molecule has 0 aliphatic rings. The fourth-order valence-electron chi connectivity index (χ4n) is 5.41. The van der Waals surface area contributed by atoms with Crippen molar-refractivity contribution in [2.24, 2.45) is 0 Å². The Morgan fingerprint density at radius 3 is 1.11 bits per heavy atom. The predicted octanol–water partition coefficient (Wildman–Crippen LogP) is 5.69. The Balaban J connectivity index is 0. The van der Waals surface area contributed by atoms with Crippen LogP contribution in [-0.4, -0.2) is 59.4 Å². The van der Waals surface area contributed by atoms with Crippen LogP contribution in [0.2, 0.25) is 0 Å². The van der Waals surface area contributed by atoms with Gasteiger partial charge in [-0.3, -0.25) is 0 Å². The molecule has 0 aliphatic carbocycles. The van der Waals surface area contributed by atoms with Gasteiger partial charge in [0.15, 0.2) is 5.67 Å². The van der Waals surface area contributed by atoms with Gasteiger partial charge < -0.3 is 30.2 Å². The van der Waals surface area contributed by atoms with Crippen molar-refractivity contribution in [2.45, 2.75) is 149 Å². The van der Waals surface area contributed by atoms with Crippen molar-refractivity contribution in [3.05, 3.63) is 0 Å². The van der Waals surface area contributed by atoms with E-state index in [4.69, 9.17) is 13.3 Å². The van der Waals surface area contributed by atoms with Crippen LogP contribution in [0, 0.1) is 0 Å². The Bertz CT molecular complexity index is 423. The fourth-order valence-corrected chi connectivity index (χ4v) is 8.93. The summed E-state index contributed by atoms with van der Waals surface area (Å²) in [7, 11) is 1.99. The summed E-state index contributed by atoms with van der Waals surface area (Å²) in [6.45, 7) is 13.9. The molecule has 0 aliphatic heterocycles. The summed E-state index contributed by atoms with van der Waals surface area (Å²) in [6.07, 6.45) is 23.7. The molecule has 0 spiro atoms. The van der Waals surface area contributed by atoms with Crippen LogP contribution >= 0.6 is 0 Å². The zero-order valence-corrected chi connectivity index (χ0v) is 26.7. The van der Waals surface area contributed by atoms with E-state index in [9.17, 15) is 0 Å². The maximum Gasteiger partial charge on any atom is 0.562 e. The lowest BCUT2D eigenvalue weighted by atomic mass is 10.0. The van der Waals surface area contributed by atoms with Gasteiger partial charge in [0.05, 0.1) is 20.6 Å². The molecule has 4 nitrogen and oxygen atoms in total. The van der Waals surface area contributed by atoms with E-state index in [0.29, 0.717) is 25.5 Å². The molecule has 214 valence electrons. The van der Waals surface area contributed by atoms with Crippen LogP contribution < -0.4 is 12.4 Å².